The van der Waals surface area contributed by atoms with Gasteiger partial charge in [0.05, 0.1) is 18.7 Å². The molecule has 0 aliphatic carbocycles. The van der Waals surface area contributed by atoms with E-state index in [0.29, 0.717) is 6.61 Å². The molecule has 2 N–H and O–H groups in total. The van der Waals surface area contributed by atoms with Crippen LogP contribution in [0.3, 0.4) is 0 Å². The lowest BCUT2D eigenvalue weighted by Gasteiger charge is -2.17. The molecule has 2 heterocycles. The molecular formula is C20H23N3O2. The molecule has 3 rings (SSSR count). The largest absolute Gasteiger partial charge is 0.466 e. The molecule has 0 aliphatic rings. The molecule has 0 aliphatic heterocycles. The van der Waals surface area contributed by atoms with Gasteiger partial charge in [-0.3, -0.25) is 9.20 Å². The molecule has 3 aromatic rings. The number of imidazole rings is 1. The van der Waals surface area contributed by atoms with Gasteiger partial charge in [0, 0.05) is 24.0 Å². The van der Waals surface area contributed by atoms with Gasteiger partial charge in [-0.15, -0.1) is 0 Å². The molecular weight excluding hydrogens is 314 g/mol. The summed E-state index contributed by atoms with van der Waals surface area (Å²) in [6, 6.07) is 9.79. The Labute approximate surface area is 147 Å². The summed E-state index contributed by atoms with van der Waals surface area (Å²) in [5.74, 6) is -0.285. The molecule has 130 valence electrons. The summed E-state index contributed by atoms with van der Waals surface area (Å²) in [5.41, 5.74) is 12.5. The predicted octanol–water partition coefficient (Wildman–Crippen LogP) is 3.57. The molecule has 5 nitrogen and oxygen atoms in total. The Balaban J connectivity index is 2.10. The van der Waals surface area contributed by atoms with E-state index >= 15 is 0 Å². The zero-order chi connectivity index (χ0) is 18.0. The second-order valence-electron chi connectivity index (χ2n) is 6.21. The number of pyridine rings is 1. The van der Waals surface area contributed by atoms with Gasteiger partial charge in [0.15, 0.2) is 0 Å². The number of hydrogen-bond acceptors (Lipinski definition) is 4. The van der Waals surface area contributed by atoms with Crippen molar-refractivity contribution in [2.45, 2.75) is 33.2 Å². The number of aryl methyl sites for hydroxylation is 2. The molecule has 0 radical (unpaired) electrons. The topological polar surface area (TPSA) is 69.6 Å². The van der Waals surface area contributed by atoms with Gasteiger partial charge >= 0.3 is 5.97 Å². The van der Waals surface area contributed by atoms with Crippen molar-refractivity contribution in [1.29, 1.82) is 0 Å². The van der Waals surface area contributed by atoms with Crippen molar-refractivity contribution < 1.29 is 9.53 Å². The average Bonchev–Trinajstić information content (AvgIpc) is 3.03. The predicted molar refractivity (Wildman–Crippen MR) is 98.3 cm³/mol. The van der Waals surface area contributed by atoms with Gasteiger partial charge in [-0.2, -0.15) is 0 Å². The van der Waals surface area contributed by atoms with Crippen LogP contribution in [0, 0.1) is 13.8 Å². The first kappa shape index (κ1) is 17.2. The lowest BCUT2D eigenvalue weighted by Crippen LogP contribution is -2.17. The smallest absolute Gasteiger partial charge is 0.307 e. The number of ether oxygens (including phenoxy) is 1. The summed E-state index contributed by atoms with van der Waals surface area (Å²) in [4.78, 5) is 16.2. The fourth-order valence-electron chi connectivity index (χ4n) is 3.19. The lowest BCUT2D eigenvalue weighted by atomic mass is 9.96. The zero-order valence-corrected chi connectivity index (χ0v) is 14.8. The van der Waals surface area contributed by atoms with Crippen LogP contribution in [0.15, 0.2) is 42.7 Å². The molecule has 1 aromatic carbocycles. The molecule has 0 amide bonds. The Kier molecular flexibility index (Phi) is 4.86. The SMILES string of the molecule is CCOC(=O)CC(N)c1cc(-c2c(C)cccc2C)n2ccnc2c1. The van der Waals surface area contributed by atoms with Gasteiger partial charge in [0.2, 0.25) is 0 Å². The van der Waals surface area contributed by atoms with Crippen LogP contribution in [0.25, 0.3) is 16.9 Å². The minimum atomic E-state index is -0.427. The van der Waals surface area contributed by atoms with E-state index in [4.69, 9.17) is 10.5 Å². The third-order valence-electron chi connectivity index (χ3n) is 4.39. The third-order valence-corrected chi connectivity index (χ3v) is 4.39. The van der Waals surface area contributed by atoms with Crippen molar-refractivity contribution >= 4 is 11.6 Å². The van der Waals surface area contributed by atoms with E-state index < -0.39 is 6.04 Å². The molecule has 5 heteroatoms. The average molecular weight is 337 g/mol. The van der Waals surface area contributed by atoms with Gasteiger partial charge in [-0.1, -0.05) is 18.2 Å². The summed E-state index contributed by atoms with van der Waals surface area (Å²) in [6.45, 7) is 6.34. The first-order valence-corrected chi connectivity index (χ1v) is 8.46. The zero-order valence-electron chi connectivity index (χ0n) is 14.8. The number of carbonyl (C=O) groups is 1. The molecule has 0 spiro atoms. The third kappa shape index (κ3) is 3.42. The molecule has 0 fully saturated rings. The van der Waals surface area contributed by atoms with Crippen molar-refractivity contribution in [3.05, 3.63) is 59.4 Å². The maximum Gasteiger partial charge on any atom is 0.307 e. The molecule has 2 aromatic heterocycles. The van der Waals surface area contributed by atoms with Crippen LogP contribution in [0.5, 0.6) is 0 Å². The van der Waals surface area contributed by atoms with Crippen LogP contribution in [0.4, 0.5) is 0 Å². The number of nitrogens with two attached hydrogens (primary N) is 1. The minimum Gasteiger partial charge on any atom is -0.466 e. The number of aromatic nitrogens is 2. The number of nitrogens with zero attached hydrogens (tertiary/aromatic N) is 2. The van der Waals surface area contributed by atoms with Crippen LogP contribution in [0.2, 0.25) is 0 Å². The quantitative estimate of drug-likeness (QED) is 0.723. The number of esters is 1. The molecule has 0 bridgehead atoms. The van der Waals surface area contributed by atoms with Crippen LogP contribution in [-0.4, -0.2) is 22.0 Å². The van der Waals surface area contributed by atoms with E-state index in [0.717, 1.165) is 22.5 Å². The summed E-state index contributed by atoms with van der Waals surface area (Å²) < 4.78 is 7.07. The van der Waals surface area contributed by atoms with E-state index in [1.807, 2.05) is 18.3 Å². The highest BCUT2D eigenvalue weighted by atomic mass is 16.5. The number of rotatable bonds is 5. The van der Waals surface area contributed by atoms with Crippen LogP contribution < -0.4 is 5.73 Å². The van der Waals surface area contributed by atoms with Crippen molar-refractivity contribution in [3.63, 3.8) is 0 Å². The molecule has 1 unspecified atom stereocenters. The van der Waals surface area contributed by atoms with Crippen molar-refractivity contribution in [2.75, 3.05) is 6.61 Å². The second kappa shape index (κ2) is 7.07. The van der Waals surface area contributed by atoms with Gasteiger partial charge < -0.3 is 10.5 Å². The minimum absolute atomic E-state index is 0.150. The van der Waals surface area contributed by atoms with Crippen LogP contribution in [0.1, 0.15) is 36.1 Å². The highest BCUT2D eigenvalue weighted by Gasteiger charge is 2.17. The van der Waals surface area contributed by atoms with Crippen LogP contribution >= 0.6 is 0 Å². The molecule has 0 saturated carbocycles. The molecule has 0 saturated heterocycles. The van der Waals surface area contributed by atoms with Gasteiger partial charge in [0.25, 0.3) is 0 Å². The maximum atomic E-state index is 11.8. The Morgan fingerprint density at radius 3 is 2.68 bits per heavy atom. The van der Waals surface area contributed by atoms with E-state index in [1.54, 1.807) is 13.1 Å². The lowest BCUT2D eigenvalue weighted by molar-refractivity contribution is -0.143. The number of benzene rings is 1. The van der Waals surface area contributed by atoms with E-state index in [9.17, 15) is 4.79 Å². The fourth-order valence-corrected chi connectivity index (χ4v) is 3.19. The summed E-state index contributed by atoms with van der Waals surface area (Å²) in [5, 5.41) is 0. The van der Waals surface area contributed by atoms with E-state index in [2.05, 4.69) is 41.4 Å². The van der Waals surface area contributed by atoms with E-state index in [1.165, 1.54) is 11.1 Å². The fraction of sp³-hybridized carbons (Fsp3) is 0.300. The van der Waals surface area contributed by atoms with Gasteiger partial charge in [-0.05, 0) is 49.6 Å². The first-order chi connectivity index (χ1) is 12.0. The summed E-state index contributed by atoms with van der Waals surface area (Å²) >= 11 is 0. The highest BCUT2D eigenvalue weighted by molar-refractivity contribution is 5.73. The van der Waals surface area contributed by atoms with Crippen molar-refractivity contribution in [2.24, 2.45) is 5.73 Å². The molecule has 25 heavy (non-hydrogen) atoms. The van der Waals surface area contributed by atoms with Crippen molar-refractivity contribution in [3.8, 4) is 11.3 Å². The number of fused-ring (bicyclic) bond motifs is 1. The van der Waals surface area contributed by atoms with Crippen molar-refractivity contribution in [1.82, 2.24) is 9.38 Å². The summed E-state index contributed by atoms with van der Waals surface area (Å²) in [7, 11) is 0. The normalized spacial score (nSPS) is 12.3. The summed E-state index contributed by atoms with van der Waals surface area (Å²) in [6.07, 6.45) is 3.86. The van der Waals surface area contributed by atoms with Gasteiger partial charge in [0.1, 0.15) is 5.65 Å². The first-order valence-electron chi connectivity index (χ1n) is 8.46. The monoisotopic (exact) mass is 337 g/mol. The second-order valence-corrected chi connectivity index (χ2v) is 6.21. The maximum absolute atomic E-state index is 11.8. The Morgan fingerprint density at radius 1 is 1.28 bits per heavy atom. The Bertz CT molecular complexity index is 894. The molecule has 1 atom stereocenters. The highest BCUT2D eigenvalue weighted by Crippen LogP contribution is 2.30. The van der Waals surface area contributed by atoms with Crippen LogP contribution in [-0.2, 0) is 9.53 Å². The number of carbonyl (C=O) groups excluding carboxylic acids is 1. The number of hydrogen-bond donors (Lipinski definition) is 1. The standard InChI is InChI=1S/C20H23N3O2/c1-4-25-19(24)12-16(21)15-10-17(23-9-8-22-18(23)11-15)20-13(2)6-5-7-14(20)3/h5-11,16H,4,12,21H2,1-3H3. The Hall–Kier alpha value is -2.66. The van der Waals surface area contributed by atoms with E-state index in [-0.39, 0.29) is 12.4 Å². The van der Waals surface area contributed by atoms with Gasteiger partial charge in [-0.25, -0.2) is 4.98 Å². The Morgan fingerprint density at radius 2 is 2.00 bits per heavy atom.